The van der Waals surface area contributed by atoms with Crippen molar-refractivity contribution in [1.29, 1.82) is 0 Å². The third kappa shape index (κ3) is 4.10. The zero-order valence-electron chi connectivity index (χ0n) is 14.2. The van der Waals surface area contributed by atoms with Crippen LogP contribution in [0.5, 0.6) is 0 Å². The van der Waals surface area contributed by atoms with Crippen molar-refractivity contribution in [2.75, 3.05) is 13.6 Å². The van der Waals surface area contributed by atoms with Crippen LogP contribution in [0.3, 0.4) is 0 Å². The molecule has 128 valence electrons. The van der Waals surface area contributed by atoms with Gasteiger partial charge in [-0.1, -0.05) is 32.1 Å². The Bertz CT molecular complexity index is 509. The lowest BCUT2D eigenvalue weighted by Crippen LogP contribution is -2.44. The Morgan fingerprint density at radius 2 is 1.91 bits per heavy atom. The topological polar surface area (TPSA) is 63.1 Å². The van der Waals surface area contributed by atoms with Gasteiger partial charge in [0.05, 0.1) is 12.6 Å². The smallest absolute Gasteiger partial charge is 0.237 e. The number of carbonyl (C=O) groups excluding carboxylic acids is 1. The van der Waals surface area contributed by atoms with E-state index in [4.69, 9.17) is 0 Å². The fourth-order valence-electron chi connectivity index (χ4n) is 3.92. The van der Waals surface area contributed by atoms with Crippen molar-refractivity contribution in [2.24, 2.45) is 0 Å². The van der Waals surface area contributed by atoms with Gasteiger partial charge in [-0.05, 0) is 39.3 Å². The molecule has 2 heterocycles. The first kappa shape index (κ1) is 16.4. The summed E-state index contributed by atoms with van der Waals surface area (Å²) in [6.07, 6.45) is 12.6. The number of likely N-dealkylation sites (N-methyl/N-ethyl adjacent to an activating group) is 1. The average Bonchev–Trinajstić information content (AvgIpc) is 2.94. The van der Waals surface area contributed by atoms with Crippen LogP contribution in [0.25, 0.3) is 0 Å². The summed E-state index contributed by atoms with van der Waals surface area (Å²) in [4.78, 5) is 14.7. The highest BCUT2D eigenvalue weighted by molar-refractivity contribution is 5.81. The second-order valence-electron chi connectivity index (χ2n) is 7.01. The zero-order valence-corrected chi connectivity index (χ0v) is 14.2. The van der Waals surface area contributed by atoms with Crippen molar-refractivity contribution in [1.82, 2.24) is 25.0 Å². The van der Waals surface area contributed by atoms with E-state index in [0.29, 0.717) is 12.6 Å². The maximum atomic E-state index is 12.5. The van der Waals surface area contributed by atoms with Crippen molar-refractivity contribution in [3.05, 3.63) is 12.2 Å². The highest BCUT2D eigenvalue weighted by atomic mass is 16.2. The number of nitrogens with zero attached hydrogens (tertiary/aromatic N) is 4. The van der Waals surface area contributed by atoms with Crippen LogP contribution >= 0.6 is 0 Å². The Kier molecular flexibility index (Phi) is 5.65. The lowest BCUT2D eigenvalue weighted by atomic mass is 9.95. The van der Waals surface area contributed by atoms with Gasteiger partial charge in [0.15, 0.2) is 5.82 Å². The van der Waals surface area contributed by atoms with E-state index in [1.54, 1.807) is 0 Å². The molecule has 1 aromatic rings. The molecule has 6 heteroatoms. The average molecular weight is 319 g/mol. The Hall–Kier alpha value is -1.43. The van der Waals surface area contributed by atoms with Crippen LogP contribution in [0, 0.1) is 0 Å². The van der Waals surface area contributed by atoms with Crippen LogP contribution in [0.4, 0.5) is 0 Å². The minimum Gasteiger partial charge on any atom is -0.347 e. The van der Waals surface area contributed by atoms with E-state index in [0.717, 1.165) is 25.2 Å². The molecule has 1 aromatic heterocycles. The summed E-state index contributed by atoms with van der Waals surface area (Å²) in [5.74, 6) is 1.02. The Morgan fingerprint density at radius 3 is 2.74 bits per heavy atom. The van der Waals surface area contributed by atoms with Gasteiger partial charge in [0, 0.05) is 6.04 Å². The SMILES string of the molecule is CN1CCCCCC1C(=O)NCc1nncn1C1CCCCC1. The normalized spacial score (nSPS) is 24.3. The molecule has 1 aliphatic carbocycles. The van der Waals surface area contributed by atoms with Gasteiger partial charge in [-0.25, -0.2) is 0 Å². The molecule has 1 aliphatic heterocycles. The summed E-state index contributed by atoms with van der Waals surface area (Å²) < 4.78 is 2.18. The van der Waals surface area contributed by atoms with E-state index in [9.17, 15) is 4.79 Å². The standard InChI is InChI=1S/C17H29N5O/c1-21-11-7-3-6-10-15(21)17(23)18-12-16-20-19-13-22(16)14-8-4-2-5-9-14/h13-15H,2-12H2,1H3,(H,18,23). The fraction of sp³-hybridized carbons (Fsp3) is 0.824. The number of nitrogens with one attached hydrogen (secondary N) is 1. The van der Waals surface area contributed by atoms with Gasteiger partial charge in [-0.3, -0.25) is 9.69 Å². The summed E-state index contributed by atoms with van der Waals surface area (Å²) in [6, 6.07) is 0.509. The van der Waals surface area contributed by atoms with Gasteiger partial charge in [0.25, 0.3) is 0 Å². The molecule has 0 radical (unpaired) electrons. The predicted molar refractivity (Wildman–Crippen MR) is 88.9 cm³/mol. The first-order valence-electron chi connectivity index (χ1n) is 9.12. The molecule has 2 fully saturated rings. The van der Waals surface area contributed by atoms with Gasteiger partial charge >= 0.3 is 0 Å². The van der Waals surface area contributed by atoms with E-state index < -0.39 is 0 Å². The quantitative estimate of drug-likeness (QED) is 0.925. The van der Waals surface area contributed by atoms with Crippen LogP contribution in [0.2, 0.25) is 0 Å². The molecule has 3 rings (SSSR count). The lowest BCUT2D eigenvalue weighted by Gasteiger charge is -2.26. The first-order chi connectivity index (χ1) is 11.3. The van der Waals surface area contributed by atoms with Crippen molar-refractivity contribution < 1.29 is 4.79 Å². The molecule has 1 amide bonds. The van der Waals surface area contributed by atoms with E-state index in [1.165, 1.54) is 44.9 Å². The number of likely N-dealkylation sites (tertiary alicyclic amines) is 1. The monoisotopic (exact) mass is 319 g/mol. The zero-order chi connectivity index (χ0) is 16.1. The largest absolute Gasteiger partial charge is 0.347 e. The molecule has 1 unspecified atom stereocenters. The van der Waals surface area contributed by atoms with Gasteiger partial charge in [-0.2, -0.15) is 0 Å². The lowest BCUT2D eigenvalue weighted by molar-refractivity contribution is -0.126. The van der Waals surface area contributed by atoms with Crippen LogP contribution in [-0.4, -0.2) is 45.2 Å². The van der Waals surface area contributed by atoms with Crippen molar-refractivity contribution in [3.8, 4) is 0 Å². The number of hydrogen-bond acceptors (Lipinski definition) is 4. The van der Waals surface area contributed by atoms with E-state index in [1.807, 2.05) is 6.33 Å². The predicted octanol–water partition coefficient (Wildman–Crippen LogP) is 2.27. The van der Waals surface area contributed by atoms with Gasteiger partial charge in [0.2, 0.25) is 5.91 Å². The van der Waals surface area contributed by atoms with Crippen LogP contribution in [-0.2, 0) is 11.3 Å². The number of hydrogen-bond donors (Lipinski definition) is 1. The second-order valence-corrected chi connectivity index (χ2v) is 7.01. The molecule has 0 spiro atoms. The van der Waals surface area contributed by atoms with E-state index >= 15 is 0 Å². The minimum absolute atomic E-state index is 0.00329. The highest BCUT2D eigenvalue weighted by Crippen LogP contribution is 2.28. The Balaban J connectivity index is 1.57. The summed E-state index contributed by atoms with van der Waals surface area (Å²) in [6.45, 7) is 1.50. The van der Waals surface area contributed by atoms with Gasteiger partial charge in [-0.15, -0.1) is 10.2 Å². The van der Waals surface area contributed by atoms with Crippen LogP contribution < -0.4 is 5.32 Å². The molecule has 1 saturated heterocycles. The Morgan fingerprint density at radius 1 is 1.17 bits per heavy atom. The highest BCUT2D eigenvalue weighted by Gasteiger charge is 2.25. The summed E-state index contributed by atoms with van der Waals surface area (Å²) in [5.41, 5.74) is 0. The molecule has 0 bridgehead atoms. The molecular weight excluding hydrogens is 290 g/mol. The number of carbonyl (C=O) groups is 1. The number of rotatable bonds is 4. The van der Waals surface area contributed by atoms with Crippen molar-refractivity contribution >= 4 is 5.91 Å². The summed E-state index contributed by atoms with van der Waals surface area (Å²) in [5, 5.41) is 11.4. The van der Waals surface area contributed by atoms with E-state index in [-0.39, 0.29) is 11.9 Å². The third-order valence-electron chi connectivity index (χ3n) is 5.36. The van der Waals surface area contributed by atoms with Crippen molar-refractivity contribution in [2.45, 2.75) is 76.4 Å². The fourth-order valence-corrected chi connectivity index (χ4v) is 3.92. The summed E-state index contributed by atoms with van der Waals surface area (Å²) in [7, 11) is 2.06. The maximum Gasteiger partial charge on any atom is 0.237 e. The molecule has 1 N–H and O–H groups in total. The van der Waals surface area contributed by atoms with Crippen LogP contribution in [0.15, 0.2) is 6.33 Å². The molecular formula is C17H29N5O. The molecule has 1 atom stereocenters. The summed E-state index contributed by atoms with van der Waals surface area (Å²) >= 11 is 0. The van der Waals surface area contributed by atoms with Crippen molar-refractivity contribution in [3.63, 3.8) is 0 Å². The Labute approximate surface area is 138 Å². The number of amides is 1. The first-order valence-corrected chi connectivity index (χ1v) is 9.12. The maximum absolute atomic E-state index is 12.5. The third-order valence-corrected chi connectivity index (χ3v) is 5.36. The van der Waals surface area contributed by atoms with Crippen LogP contribution in [0.1, 0.15) is 69.7 Å². The molecule has 1 saturated carbocycles. The minimum atomic E-state index is 0.00329. The molecule has 6 nitrogen and oxygen atoms in total. The molecule has 23 heavy (non-hydrogen) atoms. The number of aromatic nitrogens is 3. The molecule has 0 aromatic carbocycles. The molecule has 2 aliphatic rings. The van der Waals surface area contributed by atoms with Gasteiger partial charge in [0.1, 0.15) is 6.33 Å². The second kappa shape index (κ2) is 7.90. The van der Waals surface area contributed by atoms with Gasteiger partial charge < -0.3 is 9.88 Å². The van der Waals surface area contributed by atoms with E-state index in [2.05, 4.69) is 32.0 Å².